The van der Waals surface area contributed by atoms with Crippen LogP contribution < -0.4 is 16.5 Å². The van der Waals surface area contributed by atoms with Gasteiger partial charge in [-0.15, -0.1) is 11.3 Å². The molecule has 0 saturated carbocycles. The van der Waals surface area contributed by atoms with Crippen LogP contribution >= 0.6 is 11.3 Å². The van der Waals surface area contributed by atoms with Gasteiger partial charge in [-0.25, -0.2) is 19.8 Å². The third-order valence-electron chi connectivity index (χ3n) is 4.77. The highest BCUT2D eigenvalue weighted by Crippen LogP contribution is 2.37. The lowest BCUT2D eigenvalue weighted by Gasteiger charge is -2.14. The highest BCUT2D eigenvalue weighted by molar-refractivity contribution is 7.26. The number of anilines is 1. The summed E-state index contributed by atoms with van der Waals surface area (Å²) in [4.78, 5) is 43.8. The summed E-state index contributed by atoms with van der Waals surface area (Å²) >= 11 is 1.52. The second kappa shape index (κ2) is 6.78. The number of thiophene rings is 1. The van der Waals surface area contributed by atoms with Gasteiger partial charge in [0.05, 0.1) is 10.2 Å². The molecule has 0 bridgehead atoms. The molecule has 1 fully saturated rings. The van der Waals surface area contributed by atoms with Gasteiger partial charge in [0.25, 0.3) is 5.91 Å². The van der Waals surface area contributed by atoms with E-state index in [-0.39, 0.29) is 6.54 Å². The molecular weight excluding hydrogens is 404 g/mol. The lowest BCUT2D eigenvalue weighted by Crippen LogP contribution is -2.44. The van der Waals surface area contributed by atoms with E-state index in [9.17, 15) is 14.4 Å². The normalized spacial score (nSPS) is 13.8. The average Bonchev–Trinajstić information content (AvgIpc) is 3.27. The SMILES string of the molecule is Nc1ncnc2c1sc1cc(-c3cccc(C(=O)NN4CC(=O)NC4=O)c3)ccc12. The third kappa shape index (κ3) is 2.99. The van der Waals surface area contributed by atoms with Gasteiger partial charge in [0, 0.05) is 15.6 Å². The second-order valence-electron chi connectivity index (χ2n) is 6.71. The van der Waals surface area contributed by atoms with E-state index in [0.29, 0.717) is 11.4 Å². The molecule has 148 valence electrons. The molecule has 0 unspecified atom stereocenters. The van der Waals surface area contributed by atoms with Crippen LogP contribution in [0.3, 0.4) is 0 Å². The third-order valence-corrected chi connectivity index (χ3v) is 5.93. The summed E-state index contributed by atoms with van der Waals surface area (Å²) in [5.41, 5.74) is 11.4. The van der Waals surface area contributed by atoms with Gasteiger partial charge in [-0.3, -0.25) is 20.3 Å². The molecule has 0 atom stereocenters. The van der Waals surface area contributed by atoms with Crippen LogP contribution in [0.15, 0.2) is 48.8 Å². The minimum atomic E-state index is -0.651. The van der Waals surface area contributed by atoms with Crippen LogP contribution in [0.1, 0.15) is 10.4 Å². The molecule has 0 aliphatic carbocycles. The Balaban J connectivity index is 1.47. The maximum atomic E-state index is 12.5. The number of carbonyl (C=O) groups is 3. The molecule has 1 aliphatic rings. The molecule has 1 saturated heterocycles. The number of hydrogen-bond donors (Lipinski definition) is 3. The minimum absolute atomic E-state index is 0.209. The van der Waals surface area contributed by atoms with Gasteiger partial charge >= 0.3 is 6.03 Å². The van der Waals surface area contributed by atoms with Crippen molar-refractivity contribution in [1.82, 2.24) is 25.7 Å². The van der Waals surface area contributed by atoms with Crippen molar-refractivity contribution in [3.63, 3.8) is 0 Å². The van der Waals surface area contributed by atoms with Gasteiger partial charge in [-0.2, -0.15) is 0 Å². The van der Waals surface area contributed by atoms with Crippen molar-refractivity contribution in [2.75, 3.05) is 12.3 Å². The smallest absolute Gasteiger partial charge is 0.343 e. The van der Waals surface area contributed by atoms with E-state index >= 15 is 0 Å². The molecule has 2 aromatic heterocycles. The van der Waals surface area contributed by atoms with Gasteiger partial charge in [0.2, 0.25) is 5.91 Å². The van der Waals surface area contributed by atoms with E-state index in [2.05, 4.69) is 20.7 Å². The first-order chi connectivity index (χ1) is 14.5. The number of urea groups is 1. The second-order valence-corrected chi connectivity index (χ2v) is 7.76. The van der Waals surface area contributed by atoms with E-state index < -0.39 is 17.8 Å². The van der Waals surface area contributed by atoms with Crippen LogP contribution in [0.2, 0.25) is 0 Å². The summed E-state index contributed by atoms with van der Waals surface area (Å²) in [5, 5.41) is 4.05. The van der Waals surface area contributed by atoms with Crippen LogP contribution in [0.5, 0.6) is 0 Å². The number of rotatable bonds is 3. The van der Waals surface area contributed by atoms with Gasteiger partial charge in [-0.1, -0.05) is 24.3 Å². The Morgan fingerprint density at radius 2 is 1.97 bits per heavy atom. The van der Waals surface area contributed by atoms with Gasteiger partial charge in [-0.05, 0) is 29.3 Å². The van der Waals surface area contributed by atoms with Crippen LogP contribution in [-0.2, 0) is 4.79 Å². The number of amides is 4. The van der Waals surface area contributed by atoms with Crippen molar-refractivity contribution >= 4 is 55.3 Å². The number of fused-ring (bicyclic) bond motifs is 3. The Morgan fingerprint density at radius 1 is 1.13 bits per heavy atom. The molecule has 30 heavy (non-hydrogen) atoms. The molecule has 3 heterocycles. The summed E-state index contributed by atoms with van der Waals surface area (Å²) in [6.45, 7) is -0.209. The van der Waals surface area contributed by atoms with Crippen molar-refractivity contribution in [1.29, 1.82) is 0 Å². The zero-order chi connectivity index (χ0) is 20.8. The van der Waals surface area contributed by atoms with Crippen molar-refractivity contribution < 1.29 is 14.4 Å². The van der Waals surface area contributed by atoms with Crippen molar-refractivity contribution in [2.45, 2.75) is 0 Å². The fraction of sp³-hybridized carbons (Fsp3) is 0.0500. The fourth-order valence-corrected chi connectivity index (χ4v) is 4.43. The number of hydrazine groups is 1. The number of carbonyl (C=O) groups excluding carboxylic acids is 3. The Morgan fingerprint density at radius 3 is 2.77 bits per heavy atom. The molecule has 10 heteroatoms. The standard InChI is InChI=1S/C20H14N6O3S/c21-18-17-16(22-9-23-18)13-5-4-11(7-14(13)30-17)10-2-1-3-12(6-10)19(28)25-26-8-15(27)24-20(26)29/h1-7,9H,8H2,(H,25,28)(H2,21,22,23)(H,24,27,29). The Bertz CT molecular complexity index is 1370. The first-order valence-corrected chi connectivity index (χ1v) is 9.77. The van der Waals surface area contributed by atoms with Gasteiger partial charge in [0.15, 0.2) is 0 Å². The Hall–Kier alpha value is -4.05. The number of nitrogens with two attached hydrogens (primary N) is 1. The quantitative estimate of drug-likeness (QED) is 0.438. The van der Waals surface area contributed by atoms with Crippen LogP contribution in [0, 0.1) is 0 Å². The number of imide groups is 1. The van der Waals surface area contributed by atoms with Gasteiger partial charge in [0.1, 0.15) is 18.7 Å². The number of nitrogens with one attached hydrogen (secondary N) is 2. The predicted octanol–water partition coefficient (Wildman–Crippen LogP) is 2.29. The van der Waals surface area contributed by atoms with Crippen molar-refractivity contribution in [2.24, 2.45) is 0 Å². The predicted molar refractivity (Wildman–Crippen MR) is 112 cm³/mol. The molecular formula is C20H14N6O3S. The van der Waals surface area contributed by atoms with Crippen LogP contribution in [0.4, 0.5) is 10.6 Å². The lowest BCUT2D eigenvalue weighted by molar-refractivity contribution is -0.118. The summed E-state index contributed by atoms with van der Waals surface area (Å²) in [5.74, 6) is -0.491. The highest BCUT2D eigenvalue weighted by atomic mass is 32.1. The van der Waals surface area contributed by atoms with E-state index in [1.165, 1.54) is 17.7 Å². The molecule has 4 aromatic rings. The number of nitrogen functional groups attached to an aromatic ring is 1. The molecule has 0 spiro atoms. The molecule has 1 aliphatic heterocycles. The van der Waals surface area contributed by atoms with E-state index in [4.69, 9.17) is 5.73 Å². The largest absolute Gasteiger partial charge is 0.382 e. The number of benzene rings is 2. The van der Waals surface area contributed by atoms with E-state index in [0.717, 1.165) is 36.4 Å². The van der Waals surface area contributed by atoms with Gasteiger partial charge < -0.3 is 5.73 Å². The maximum absolute atomic E-state index is 12.5. The van der Waals surface area contributed by atoms with Crippen molar-refractivity contribution in [3.05, 3.63) is 54.4 Å². The number of hydrogen-bond acceptors (Lipinski definition) is 7. The van der Waals surface area contributed by atoms with E-state index in [1.54, 1.807) is 18.2 Å². The monoisotopic (exact) mass is 418 g/mol. The van der Waals surface area contributed by atoms with Crippen molar-refractivity contribution in [3.8, 4) is 11.1 Å². The van der Waals surface area contributed by atoms with Crippen LogP contribution in [0.25, 0.3) is 31.4 Å². The zero-order valence-electron chi connectivity index (χ0n) is 15.4. The summed E-state index contributed by atoms with van der Waals surface area (Å²) in [6, 6.07) is 12.3. The molecule has 4 amide bonds. The topological polar surface area (TPSA) is 130 Å². The minimum Gasteiger partial charge on any atom is -0.382 e. The maximum Gasteiger partial charge on any atom is 0.343 e. The summed E-state index contributed by atoms with van der Waals surface area (Å²) in [6.07, 6.45) is 1.45. The molecule has 4 N–H and O–H groups in total. The first-order valence-electron chi connectivity index (χ1n) is 8.95. The van der Waals surface area contributed by atoms with Crippen LogP contribution in [-0.4, -0.2) is 39.4 Å². The van der Waals surface area contributed by atoms with E-state index in [1.807, 2.05) is 24.3 Å². The molecule has 2 aromatic carbocycles. The average molecular weight is 418 g/mol. The zero-order valence-corrected chi connectivity index (χ0v) is 16.2. The Labute approximate surface area is 173 Å². The first kappa shape index (κ1) is 18.0. The summed E-state index contributed by atoms with van der Waals surface area (Å²) < 4.78 is 1.85. The number of aromatic nitrogens is 2. The lowest BCUT2D eigenvalue weighted by atomic mass is 10.0. The molecule has 0 radical (unpaired) electrons. The molecule has 5 rings (SSSR count). The highest BCUT2D eigenvalue weighted by Gasteiger charge is 2.28. The number of nitrogens with zero attached hydrogens (tertiary/aromatic N) is 3. The molecule has 9 nitrogen and oxygen atoms in total. The summed E-state index contributed by atoms with van der Waals surface area (Å²) in [7, 11) is 0. The fourth-order valence-electron chi connectivity index (χ4n) is 3.33. The Kier molecular flexibility index (Phi) is 4.07.